The zero-order valence-corrected chi connectivity index (χ0v) is 18.5. The average molecular weight is 474 g/mol. The first-order valence-electron chi connectivity index (χ1n) is 10.5. The second kappa shape index (κ2) is 6.53. The SMILES string of the molecule is Cc1cc(Cl)c2c(c1)C1(C(=O)N2)C2C(=O)N(c3ccc(F)c(Cl)c3)C(=O)C2C2CCCN21. The van der Waals surface area contributed by atoms with Crippen molar-refractivity contribution in [1.29, 1.82) is 0 Å². The molecular formula is C23H18Cl2FN3O3. The van der Waals surface area contributed by atoms with E-state index in [0.29, 0.717) is 29.2 Å². The number of aryl methyl sites for hydroxylation is 1. The lowest BCUT2D eigenvalue weighted by Gasteiger charge is -2.36. The van der Waals surface area contributed by atoms with E-state index in [1.54, 1.807) is 6.07 Å². The fourth-order valence-corrected chi connectivity index (χ4v) is 6.77. The van der Waals surface area contributed by atoms with Gasteiger partial charge in [0.15, 0.2) is 0 Å². The van der Waals surface area contributed by atoms with Crippen LogP contribution in [0.25, 0.3) is 0 Å². The molecule has 9 heteroatoms. The van der Waals surface area contributed by atoms with Crippen LogP contribution in [0.3, 0.4) is 0 Å². The van der Waals surface area contributed by atoms with E-state index in [2.05, 4.69) is 5.32 Å². The van der Waals surface area contributed by atoms with E-state index in [9.17, 15) is 18.8 Å². The number of carbonyl (C=O) groups is 3. The second-order valence-electron chi connectivity index (χ2n) is 8.91. The Morgan fingerprint density at radius 1 is 1.09 bits per heavy atom. The molecule has 6 nitrogen and oxygen atoms in total. The van der Waals surface area contributed by atoms with Crippen LogP contribution >= 0.6 is 23.2 Å². The maximum atomic E-state index is 13.8. The second-order valence-corrected chi connectivity index (χ2v) is 9.72. The number of carbonyl (C=O) groups excluding carboxylic acids is 3. The summed E-state index contributed by atoms with van der Waals surface area (Å²) in [6.07, 6.45) is 1.53. The van der Waals surface area contributed by atoms with E-state index in [1.807, 2.05) is 17.9 Å². The maximum absolute atomic E-state index is 13.8. The van der Waals surface area contributed by atoms with Crippen LogP contribution in [0, 0.1) is 24.6 Å². The number of fused-ring (bicyclic) bond motifs is 7. The number of anilines is 2. The Morgan fingerprint density at radius 2 is 1.88 bits per heavy atom. The van der Waals surface area contributed by atoms with E-state index >= 15 is 0 Å². The molecule has 3 fully saturated rings. The molecule has 6 rings (SSSR count). The lowest BCUT2D eigenvalue weighted by molar-refractivity contribution is -0.135. The van der Waals surface area contributed by atoms with E-state index < -0.39 is 29.1 Å². The highest BCUT2D eigenvalue weighted by Gasteiger charge is 2.74. The van der Waals surface area contributed by atoms with Crippen LogP contribution in [0.5, 0.6) is 0 Å². The normalized spacial score (nSPS) is 30.8. The van der Waals surface area contributed by atoms with Crippen LogP contribution in [0.15, 0.2) is 30.3 Å². The Bertz CT molecular complexity index is 1250. The van der Waals surface area contributed by atoms with Gasteiger partial charge in [-0.15, -0.1) is 0 Å². The predicted octanol–water partition coefficient (Wildman–Crippen LogP) is 3.87. The lowest BCUT2D eigenvalue weighted by atomic mass is 9.75. The zero-order chi connectivity index (χ0) is 22.5. The number of benzene rings is 2. The van der Waals surface area contributed by atoms with Gasteiger partial charge in [-0.3, -0.25) is 19.3 Å². The molecule has 2 aromatic rings. The third-order valence-corrected chi connectivity index (χ3v) is 7.95. The van der Waals surface area contributed by atoms with Gasteiger partial charge in [0, 0.05) is 11.6 Å². The van der Waals surface area contributed by atoms with Gasteiger partial charge >= 0.3 is 0 Å². The molecule has 4 atom stereocenters. The van der Waals surface area contributed by atoms with Gasteiger partial charge in [-0.1, -0.05) is 29.3 Å². The summed E-state index contributed by atoms with van der Waals surface area (Å²) in [5.74, 6) is -3.40. The number of imide groups is 1. The van der Waals surface area contributed by atoms with Gasteiger partial charge < -0.3 is 5.32 Å². The third kappa shape index (κ3) is 2.26. The highest BCUT2D eigenvalue weighted by atomic mass is 35.5. The van der Waals surface area contributed by atoms with Crippen LogP contribution in [-0.2, 0) is 19.9 Å². The van der Waals surface area contributed by atoms with Crippen molar-refractivity contribution in [2.75, 3.05) is 16.8 Å². The molecule has 2 aromatic carbocycles. The molecule has 0 aromatic heterocycles. The summed E-state index contributed by atoms with van der Waals surface area (Å²) in [5, 5.41) is 3.12. The highest BCUT2D eigenvalue weighted by Crippen LogP contribution is 2.61. The number of nitrogens with one attached hydrogen (secondary N) is 1. The molecule has 3 amide bonds. The van der Waals surface area contributed by atoms with Gasteiger partial charge in [0.1, 0.15) is 11.4 Å². The van der Waals surface area contributed by atoms with Crippen molar-refractivity contribution in [1.82, 2.24) is 4.90 Å². The van der Waals surface area contributed by atoms with E-state index in [4.69, 9.17) is 23.2 Å². The first kappa shape index (κ1) is 20.1. The Morgan fingerprint density at radius 3 is 2.62 bits per heavy atom. The molecule has 3 saturated heterocycles. The smallest absolute Gasteiger partial charge is 0.250 e. The molecule has 4 aliphatic rings. The lowest BCUT2D eigenvalue weighted by Crippen LogP contribution is -2.54. The Hall–Kier alpha value is -2.48. The third-order valence-electron chi connectivity index (χ3n) is 7.36. The number of rotatable bonds is 1. The topological polar surface area (TPSA) is 69.7 Å². The molecule has 0 bridgehead atoms. The molecule has 32 heavy (non-hydrogen) atoms. The summed E-state index contributed by atoms with van der Waals surface area (Å²) >= 11 is 12.4. The molecule has 164 valence electrons. The molecule has 0 radical (unpaired) electrons. The molecule has 0 aliphatic carbocycles. The Kier molecular flexibility index (Phi) is 4.11. The van der Waals surface area contributed by atoms with Crippen LogP contribution in [0.4, 0.5) is 15.8 Å². The summed E-state index contributed by atoms with van der Waals surface area (Å²) in [6.45, 7) is 2.49. The van der Waals surface area contributed by atoms with E-state index in [0.717, 1.165) is 23.0 Å². The summed E-state index contributed by atoms with van der Waals surface area (Å²) in [7, 11) is 0. The summed E-state index contributed by atoms with van der Waals surface area (Å²) < 4.78 is 13.7. The molecule has 4 unspecified atom stereocenters. The molecule has 4 aliphatic heterocycles. The minimum Gasteiger partial charge on any atom is -0.323 e. The molecule has 1 spiro atoms. The summed E-state index contributed by atoms with van der Waals surface area (Å²) in [6, 6.07) is 7.17. The number of halogens is 3. The van der Waals surface area contributed by atoms with Gasteiger partial charge in [0.05, 0.1) is 33.3 Å². The van der Waals surface area contributed by atoms with Crippen LogP contribution in [0.1, 0.15) is 24.0 Å². The molecule has 0 saturated carbocycles. The first-order valence-corrected chi connectivity index (χ1v) is 11.2. The zero-order valence-electron chi connectivity index (χ0n) is 17.0. The van der Waals surface area contributed by atoms with Crippen molar-refractivity contribution < 1.29 is 18.8 Å². The number of nitrogens with zero attached hydrogens (tertiary/aromatic N) is 2. The van der Waals surface area contributed by atoms with Crippen molar-refractivity contribution >= 4 is 52.3 Å². The average Bonchev–Trinajstić information content (AvgIpc) is 3.44. The summed E-state index contributed by atoms with van der Waals surface area (Å²) in [4.78, 5) is 44.2. The Labute approximate surface area is 193 Å². The fourth-order valence-electron chi connectivity index (χ4n) is 6.27. The number of hydrogen-bond donors (Lipinski definition) is 1. The van der Waals surface area contributed by atoms with Gasteiger partial charge in [-0.25, -0.2) is 9.29 Å². The monoisotopic (exact) mass is 473 g/mol. The molecular weight excluding hydrogens is 456 g/mol. The van der Waals surface area contributed by atoms with Gasteiger partial charge in [0.25, 0.3) is 5.91 Å². The van der Waals surface area contributed by atoms with Crippen molar-refractivity contribution in [3.8, 4) is 0 Å². The van der Waals surface area contributed by atoms with Crippen LogP contribution in [-0.4, -0.2) is 35.2 Å². The van der Waals surface area contributed by atoms with Crippen molar-refractivity contribution in [3.05, 3.63) is 57.3 Å². The van der Waals surface area contributed by atoms with Crippen molar-refractivity contribution in [2.24, 2.45) is 11.8 Å². The summed E-state index contributed by atoms with van der Waals surface area (Å²) in [5.41, 5.74) is 0.913. The van der Waals surface area contributed by atoms with Gasteiger partial charge in [-0.2, -0.15) is 0 Å². The largest absolute Gasteiger partial charge is 0.323 e. The number of hydrogen-bond acceptors (Lipinski definition) is 4. The van der Waals surface area contributed by atoms with Gasteiger partial charge in [-0.05, 0) is 56.1 Å². The molecule has 4 heterocycles. The van der Waals surface area contributed by atoms with E-state index in [1.165, 1.54) is 12.1 Å². The Balaban J connectivity index is 1.57. The maximum Gasteiger partial charge on any atom is 0.250 e. The minimum atomic E-state index is -1.30. The highest BCUT2D eigenvalue weighted by molar-refractivity contribution is 6.35. The van der Waals surface area contributed by atoms with E-state index in [-0.39, 0.29) is 28.6 Å². The quantitative estimate of drug-likeness (QED) is 0.638. The van der Waals surface area contributed by atoms with Crippen molar-refractivity contribution in [2.45, 2.75) is 31.3 Å². The van der Waals surface area contributed by atoms with Crippen LogP contribution < -0.4 is 10.2 Å². The first-order chi connectivity index (χ1) is 15.3. The standard InChI is InChI=1S/C23H18Cl2FN3O3/c1-10-7-12-19(14(25)8-10)27-22(32)23(12)18-17(16-3-2-6-28(16)23)20(30)29(21(18)31)11-4-5-15(26)13(24)9-11/h4-5,7-9,16-18H,2-3,6H2,1H3,(H,27,32). The fraction of sp³-hybridized carbons (Fsp3) is 0.348. The van der Waals surface area contributed by atoms with Crippen LogP contribution in [0.2, 0.25) is 10.0 Å². The minimum absolute atomic E-state index is 0.177. The number of amides is 3. The van der Waals surface area contributed by atoms with Gasteiger partial charge in [0.2, 0.25) is 11.8 Å². The van der Waals surface area contributed by atoms with Crippen molar-refractivity contribution in [3.63, 3.8) is 0 Å². The molecule has 1 N–H and O–H groups in total. The predicted molar refractivity (Wildman–Crippen MR) is 117 cm³/mol.